The SMILES string of the molecule is COc1ccc(C2C=NN(c3cc(C4CCc5ccccc5O4)cc(S(N)(=O)=O)c3)C2)cc1. The molecule has 0 radical (unpaired) electrons. The standard InChI is InChI=1S/C25H25N3O4S/c1-31-22-9-6-17(7-10-22)20-15-27-28(16-20)21-12-19(13-23(14-21)33(26,29)30)25-11-8-18-4-2-3-5-24(18)32-25/h2-7,9-10,12-15,20,25H,8,11,16H2,1H3,(H2,26,29,30). The lowest BCUT2D eigenvalue weighted by Crippen LogP contribution is -2.20. The van der Waals surface area contributed by atoms with E-state index in [0.29, 0.717) is 12.2 Å². The van der Waals surface area contributed by atoms with Crippen LogP contribution in [0.5, 0.6) is 11.5 Å². The van der Waals surface area contributed by atoms with Crippen molar-refractivity contribution in [3.63, 3.8) is 0 Å². The summed E-state index contributed by atoms with van der Waals surface area (Å²) in [4.78, 5) is 0.0561. The molecular formula is C25H25N3O4S. The lowest BCUT2D eigenvalue weighted by Gasteiger charge is -2.27. The molecule has 2 aliphatic rings. The molecule has 0 aliphatic carbocycles. The topological polar surface area (TPSA) is 94.2 Å². The van der Waals surface area contributed by atoms with Gasteiger partial charge >= 0.3 is 0 Å². The number of benzene rings is 3. The highest BCUT2D eigenvalue weighted by molar-refractivity contribution is 7.89. The van der Waals surface area contributed by atoms with Gasteiger partial charge < -0.3 is 9.47 Å². The van der Waals surface area contributed by atoms with Gasteiger partial charge in [-0.05, 0) is 65.9 Å². The molecule has 5 rings (SSSR count). The number of fused-ring (bicyclic) bond motifs is 1. The summed E-state index contributed by atoms with van der Waals surface area (Å²) in [6, 6.07) is 20.9. The van der Waals surface area contributed by atoms with Gasteiger partial charge in [-0.1, -0.05) is 30.3 Å². The molecule has 0 saturated carbocycles. The van der Waals surface area contributed by atoms with Crippen LogP contribution in [-0.2, 0) is 16.4 Å². The Morgan fingerprint density at radius 1 is 1.06 bits per heavy atom. The summed E-state index contributed by atoms with van der Waals surface area (Å²) in [7, 11) is -2.26. The second-order valence-corrected chi connectivity index (χ2v) is 9.85. The molecule has 2 N–H and O–H groups in total. The maximum Gasteiger partial charge on any atom is 0.238 e. The van der Waals surface area contributed by atoms with Gasteiger partial charge in [0.05, 0.1) is 24.2 Å². The van der Waals surface area contributed by atoms with E-state index in [4.69, 9.17) is 14.6 Å². The number of primary sulfonamides is 1. The second-order valence-electron chi connectivity index (χ2n) is 8.28. The molecule has 2 unspecified atom stereocenters. The van der Waals surface area contributed by atoms with Crippen LogP contribution in [0.3, 0.4) is 0 Å². The summed E-state index contributed by atoms with van der Waals surface area (Å²) in [6.07, 6.45) is 3.22. The molecule has 0 fully saturated rings. The largest absolute Gasteiger partial charge is 0.497 e. The number of ether oxygens (including phenoxy) is 2. The third-order valence-corrected chi connectivity index (χ3v) is 7.02. The van der Waals surface area contributed by atoms with Gasteiger partial charge in [-0.15, -0.1) is 0 Å². The molecule has 0 aromatic heterocycles. The zero-order chi connectivity index (χ0) is 23.0. The Morgan fingerprint density at radius 3 is 2.61 bits per heavy atom. The van der Waals surface area contributed by atoms with Crippen LogP contribution >= 0.6 is 0 Å². The normalized spacial score (nSPS) is 19.8. The van der Waals surface area contributed by atoms with E-state index < -0.39 is 10.0 Å². The predicted molar refractivity (Wildman–Crippen MR) is 128 cm³/mol. The van der Waals surface area contributed by atoms with Crippen molar-refractivity contribution in [2.24, 2.45) is 10.2 Å². The number of hydrogen-bond acceptors (Lipinski definition) is 6. The van der Waals surface area contributed by atoms with E-state index in [2.05, 4.69) is 11.2 Å². The zero-order valence-electron chi connectivity index (χ0n) is 18.2. The number of hydrogen-bond donors (Lipinski definition) is 1. The molecule has 0 bridgehead atoms. The third kappa shape index (κ3) is 4.44. The lowest BCUT2D eigenvalue weighted by atomic mass is 9.97. The van der Waals surface area contributed by atoms with Gasteiger partial charge in [-0.25, -0.2) is 13.6 Å². The molecule has 0 saturated heterocycles. The highest BCUT2D eigenvalue weighted by Crippen LogP contribution is 2.37. The van der Waals surface area contributed by atoms with Crippen molar-refractivity contribution >= 4 is 21.9 Å². The van der Waals surface area contributed by atoms with Crippen LogP contribution in [0.1, 0.15) is 35.1 Å². The number of aryl methyl sites for hydroxylation is 1. The van der Waals surface area contributed by atoms with Crippen LogP contribution in [0, 0.1) is 0 Å². The summed E-state index contributed by atoms with van der Waals surface area (Å²) in [5.74, 6) is 1.70. The lowest BCUT2D eigenvalue weighted by molar-refractivity contribution is 0.176. The minimum absolute atomic E-state index is 0.0561. The summed E-state index contributed by atoms with van der Waals surface area (Å²) >= 11 is 0. The Labute approximate surface area is 193 Å². The number of rotatable bonds is 5. The molecule has 170 valence electrons. The molecule has 0 amide bonds. The average Bonchev–Trinajstić information content (AvgIpc) is 3.33. The van der Waals surface area contributed by atoms with Crippen molar-refractivity contribution in [2.75, 3.05) is 18.7 Å². The van der Waals surface area contributed by atoms with Gasteiger partial charge in [0, 0.05) is 12.1 Å². The summed E-state index contributed by atoms with van der Waals surface area (Å²) in [5, 5.41) is 11.9. The van der Waals surface area contributed by atoms with Gasteiger partial charge in [-0.3, -0.25) is 5.01 Å². The number of methoxy groups -OCH3 is 1. The van der Waals surface area contributed by atoms with Crippen molar-refractivity contribution < 1.29 is 17.9 Å². The molecule has 3 aromatic carbocycles. The van der Waals surface area contributed by atoms with Gasteiger partial charge in [0.15, 0.2) is 0 Å². The average molecular weight is 464 g/mol. The Balaban J connectivity index is 1.44. The molecule has 7 nitrogen and oxygen atoms in total. The van der Waals surface area contributed by atoms with E-state index in [-0.39, 0.29) is 16.9 Å². The fraction of sp³-hybridized carbons (Fsp3) is 0.240. The fourth-order valence-corrected chi connectivity index (χ4v) is 4.91. The predicted octanol–water partition coefficient (Wildman–Crippen LogP) is 4.00. The molecule has 2 aliphatic heterocycles. The Bertz CT molecular complexity index is 1310. The van der Waals surface area contributed by atoms with Crippen molar-refractivity contribution in [1.29, 1.82) is 0 Å². The first-order chi connectivity index (χ1) is 15.9. The summed E-state index contributed by atoms with van der Waals surface area (Å²) in [6.45, 7) is 0.591. The van der Waals surface area contributed by atoms with Crippen molar-refractivity contribution in [1.82, 2.24) is 0 Å². The first-order valence-electron chi connectivity index (χ1n) is 10.8. The van der Waals surface area contributed by atoms with Gasteiger partial charge in [0.2, 0.25) is 10.0 Å². The minimum Gasteiger partial charge on any atom is -0.497 e. The number of para-hydroxylation sites is 1. The molecule has 0 spiro atoms. The van der Waals surface area contributed by atoms with Crippen LogP contribution in [0.15, 0.2) is 76.7 Å². The highest BCUT2D eigenvalue weighted by Gasteiger charge is 2.26. The highest BCUT2D eigenvalue weighted by atomic mass is 32.2. The fourth-order valence-electron chi connectivity index (χ4n) is 4.32. The Morgan fingerprint density at radius 2 is 1.85 bits per heavy atom. The smallest absolute Gasteiger partial charge is 0.238 e. The monoisotopic (exact) mass is 463 g/mol. The van der Waals surface area contributed by atoms with E-state index in [1.807, 2.05) is 59.8 Å². The molecule has 33 heavy (non-hydrogen) atoms. The number of nitrogens with two attached hydrogens (primary N) is 1. The van der Waals surface area contributed by atoms with Crippen LogP contribution < -0.4 is 19.6 Å². The van der Waals surface area contributed by atoms with Crippen molar-refractivity contribution in [3.05, 3.63) is 83.4 Å². The quantitative estimate of drug-likeness (QED) is 0.617. The van der Waals surface area contributed by atoms with Crippen molar-refractivity contribution in [2.45, 2.75) is 29.8 Å². The Hall–Kier alpha value is -3.36. The molecule has 2 heterocycles. The number of nitrogens with zero attached hydrogens (tertiary/aromatic N) is 2. The molecule has 2 atom stereocenters. The minimum atomic E-state index is -3.90. The Kier molecular flexibility index (Phi) is 5.55. The number of anilines is 1. The second kappa shape index (κ2) is 8.53. The van der Waals surface area contributed by atoms with Crippen LogP contribution in [-0.4, -0.2) is 28.3 Å². The zero-order valence-corrected chi connectivity index (χ0v) is 19.0. The van der Waals surface area contributed by atoms with E-state index in [0.717, 1.165) is 41.0 Å². The van der Waals surface area contributed by atoms with E-state index in [1.54, 1.807) is 19.2 Å². The van der Waals surface area contributed by atoms with Gasteiger partial charge in [0.1, 0.15) is 17.6 Å². The van der Waals surface area contributed by atoms with Crippen LogP contribution in [0.2, 0.25) is 0 Å². The van der Waals surface area contributed by atoms with Crippen molar-refractivity contribution in [3.8, 4) is 11.5 Å². The molecule has 3 aromatic rings. The van der Waals surface area contributed by atoms with Crippen LogP contribution in [0.4, 0.5) is 5.69 Å². The van der Waals surface area contributed by atoms with Gasteiger partial charge in [-0.2, -0.15) is 5.10 Å². The maximum absolute atomic E-state index is 12.2. The maximum atomic E-state index is 12.2. The molecule has 8 heteroatoms. The summed E-state index contributed by atoms with van der Waals surface area (Å²) in [5.41, 5.74) is 3.71. The third-order valence-electron chi connectivity index (χ3n) is 6.13. The number of sulfonamides is 1. The van der Waals surface area contributed by atoms with E-state index in [9.17, 15) is 8.42 Å². The van der Waals surface area contributed by atoms with E-state index >= 15 is 0 Å². The molecular weight excluding hydrogens is 438 g/mol. The van der Waals surface area contributed by atoms with E-state index in [1.165, 1.54) is 0 Å². The summed E-state index contributed by atoms with van der Waals surface area (Å²) < 4.78 is 35.9. The number of hydrazone groups is 1. The first-order valence-corrected chi connectivity index (χ1v) is 12.3. The first kappa shape index (κ1) is 21.5. The van der Waals surface area contributed by atoms with Crippen LogP contribution in [0.25, 0.3) is 0 Å². The van der Waals surface area contributed by atoms with Gasteiger partial charge in [0.25, 0.3) is 0 Å².